The zero-order valence-corrected chi connectivity index (χ0v) is 10.5. The van der Waals surface area contributed by atoms with Gasteiger partial charge in [-0.3, -0.25) is 9.56 Å². The predicted octanol–water partition coefficient (Wildman–Crippen LogP) is 2.20. The topological polar surface area (TPSA) is 43.1 Å². The molecule has 1 aliphatic heterocycles. The first-order chi connectivity index (χ1) is 8.31. The number of hydrogen-bond acceptors (Lipinski definition) is 4. The molecular weight excluding hydrogens is 232 g/mol. The molecule has 0 bridgehead atoms. The van der Waals surface area contributed by atoms with E-state index in [0.29, 0.717) is 6.54 Å². The molecule has 0 unspecified atom stereocenters. The van der Waals surface area contributed by atoms with Crippen LogP contribution in [0.1, 0.15) is 17.2 Å². The van der Waals surface area contributed by atoms with Crippen LogP contribution in [0.3, 0.4) is 0 Å². The van der Waals surface area contributed by atoms with E-state index in [2.05, 4.69) is 38.1 Å². The van der Waals surface area contributed by atoms with Gasteiger partial charge in [-0.15, -0.1) is 22.0 Å². The summed E-state index contributed by atoms with van der Waals surface area (Å²) in [5, 5.41) is 9.37. The molecule has 2 heterocycles. The molecule has 0 saturated heterocycles. The fraction of sp³-hybridized carbons (Fsp3) is 0.250. The van der Waals surface area contributed by atoms with Crippen LogP contribution in [0.4, 0.5) is 0 Å². The van der Waals surface area contributed by atoms with Crippen molar-refractivity contribution in [3.05, 3.63) is 41.5 Å². The average molecular weight is 244 g/mol. The summed E-state index contributed by atoms with van der Waals surface area (Å²) in [4.78, 5) is 4.59. The van der Waals surface area contributed by atoms with E-state index < -0.39 is 0 Å². The molecule has 4 nitrogen and oxygen atoms in total. The van der Waals surface area contributed by atoms with Gasteiger partial charge in [0.25, 0.3) is 0 Å². The van der Waals surface area contributed by atoms with Gasteiger partial charge in [0.05, 0.1) is 5.69 Å². The molecule has 0 spiro atoms. The highest BCUT2D eigenvalue weighted by molar-refractivity contribution is 8.13. The third kappa shape index (κ3) is 1.58. The molecule has 86 valence electrons. The Labute approximate surface area is 104 Å². The summed E-state index contributed by atoms with van der Waals surface area (Å²) < 4.78 is 2.09. The van der Waals surface area contributed by atoms with Crippen LogP contribution < -0.4 is 0 Å². The van der Waals surface area contributed by atoms with Crippen LogP contribution >= 0.6 is 11.8 Å². The Morgan fingerprint density at radius 2 is 2.06 bits per heavy atom. The Hall–Kier alpha value is -1.62. The van der Waals surface area contributed by atoms with Gasteiger partial charge in [0.15, 0.2) is 5.82 Å². The lowest BCUT2D eigenvalue weighted by Crippen LogP contribution is -2.04. The van der Waals surface area contributed by atoms with E-state index in [0.717, 1.165) is 27.9 Å². The van der Waals surface area contributed by atoms with Crippen LogP contribution in [0.25, 0.3) is 5.69 Å². The fourth-order valence-corrected chi connectivity index (χ4v) is 2.66. The average Bonchev–Trinajstić information content (AvgIpc) is 2.64. The van der Waals surface area contributed by atoms with E-state index >= 15 is 0 Å². The van der Waals surface area contributed by atoms with Crippen LogP contribution in [-0.2, 0) is 6.54 Å². The number of benzene rings is 1. The molecule has 1 aromatic carbocycles. The van der Waals surface area contributed by atoms with Gasteiger partial charge < -0.3 is 0 Å². The number of thioether (sulfide) groups is 1. The monoisotopic (exact) mass is 244 g/mol. The maximum absolute atomic E-state index is 4.59. The SMILES string of the molecule is CSC1=NCc2nnc(C)n2-c2ccccc21. The number of fused-ring (bicyclic) bond motifs is 3. The number of hydrogen-bond donors (Lipinski definition) is 0. The second-order valence-electron chi connectivity index (χ2n) is 3.84. The lowest BCUT2D eigenvalue weighted by molar-refractivity contribution is 0.862. The number of nitrogens with zero attached hydrogens (tertiary/aromatic N) is 4. The maximum atomic E-state index is 4.59. The van der Waals surface area contributed by atoms with Crippen molar-refractivity contribution in [1.82, 2.24) is 14.8 Å². The normalized spacial score (nSPS) is 13.6. The highest BCUT2D eigenvalue weighted by Crippen LogP contribution is 2.25. The van der Waals surface area contributed by atoms with E-state index in [1.54, 1.807) is 11.8 Å². The van der Waals surface area contributed by atoms with E-state index in [1.807, 2.05) is 19.1 Å². The third-order valence-electron chi connectivity index (χ3n) is 2.82. The summed E-state index contributed by atoms with van der Waals surface area (Å²) in [6.07, 6.45) is 2.05. The lowest BCUT2D eigenvalue weighted by atomic mass is 10.2. The zero-order valence-electron chi connectivity index (χ0n) is 9.71. The molecule has 5 heteroatoms. The second kappa shape index (κ2) is 4.00. The molecule has 0 amide bonds. The molecule has 3 rings (SSSR count). The Balaban J connectivity index is 2.32. The molecule has 0 atom stereocenters. The maximum Gasteiger partial charge on any atom is 0.159 e. The number of para-hydroxylation sites is 1. The van der Waals surface area contributed by atoms with Crippen molar-refractivity contribution in [3.8, 4) is 5.69 Å². The van der Waals surface area contributed by atoms with E-state index in [9.17, 15) is 0 Å². The summed E-state index contributed by atoms with van der Waals surface area (Å²) >= 11 is 1.67. The van der Waals surface area contributed by atoms with Gasteiger partial charge in [-0.1, -0.05) is 18.2 Å². The molecule has 1 aliphatic rings. The van der Waals surface area contributed by atoms with Gasteiger partial charge in [-0.2, -0.15) is 0 Å². The standard InChI is InChI=1S/C12H12N4S/c1-8-14-15-11-7-13-12(17-2)9-5-3-4-6-10(9)16(8)11/h3-6H,7H2,1-2H3. The summed E-state index contributed by atoms with van der Waals surface area (Å²) in [5.74, 6) is 1.81. The molecule has 0 aliphatic carbocycles. The minimum Gasteiger partial charge on any atom is -0.281 e. The third-order valence-corrected chi connectivity index (χ3v) is 3.56. The zero-order chi connectivity index (χ0) is 11.8. The van der Waals surface area contributed by atoms with E-state index in [-0.39, 0.29) is 0 Å². The fourth-order valence-electron chi connectivity index (χ4n) is 2.07. The van der Waals surface area contributed by atoms with Crippen LogP contribution in [0.2, 0.25) is 0 Å². The first-order valence-electron chi connectivity index (χ1n) is 5.40. The summed E-state index contributed by atoms with van der Waals surface area (Å²) in [6, 6.07) is 8.26. The summed E-state index contributed by atoms with van der Waals surface area (Å²) in [7, 11) is 0. The number of aryl methyl sites for hydroxylation is 1. The molecule has 2 aromatic rings. The second-order valence-corrected chi connectivity index (χ2v) is 4.64. The van der Waals surface area contributed by atoms with Crippen molar-refractivity contribution in [1.29, 1.82) is 0 Å². The highest BCUT2D eigenvalue weighted by Gasteiger charge is 2.19. The van der Waals surface area contributed by atoms with E-state index in [4.69, 9.17) is 0 Å². The van der Waals surface area contributed by atoms with E-state index in [1.165, 1.54) is 0 Å². The van der Waals surface area contributed by atoms with Gasteiger partial charge in [-0.25, -0.2) is 0 Å². The van der Waals surface area contributed by atoms with Crippen LogP contribution in [0.5, 0.6) is 0 Å². The molecule has 17 heavy (non-hydrogen) atoms. The minimum absolute atomic E-state index is 0.589. The van der Waals surface area contributed by atoms with Gasteiger partial charge in [0.2, 0.25) is 0 Å². The Morgan fingerprint density at radius 3 is 2.88 bits per heavy atom. The minimum atomic E-state index is 0.589. The smallest absolute Gasteiger partial charge is 0.159 e. The van der Waals surface area contributed by atoms with Crippen molar-refractivity contribution in [2.75, 3.05) is 6.26 Å². The largest absolute Gasteiger partial charge is 0.281 e. The van der Waals surface area contributed by atoms with Crippen molar-refractivity contribution >= 4 is 16.8 Å². The molecule has 0 saturated carbocycles. The Kier molecular flexibility index (Phi) is 2.48. The summed E-state index contributed by atoms with van der Waals surface area (Å²) in [6.45, 7) is 2.56. The first-order valence-corrected chi connectivity index (χ1v) is 6.63. The van der Waals surface area contributed by atoms with Crippen LogP contribution in [-0.4, -0.2) is 26.1 Å². The van der Waals surface area contributed by atoms with Crippen molar-refractivity contribution in [2.24, 2.45) is 4.99 Å². The van der Waals surface area contributed by atoms with Crippen molar-refractivity contribution < 1.29 is 0 Å². The predicted molar refractivity (Wildman–Crippen MR) is 69.9 cm³/mol. The van der Waals surface area contributed by atoms with Crippen LogP contribution in [0, 0.1) is 6.92 Å². The quantitative estimate of drug-likeness (QED) is 0.713. The number of rotatable bonds is 0. The molecule has 0 fully saturated rings. The van der Waals surface area contributed by atoms with Crippen LogP contribution in [0.15, 0.2) is 29.3 Å². The van der Waals surface area contributed by atoms with Crippen molar-refractivity contribution in [2.45, 2.75) is 13.5 Å². The van der Waals surface area contributed by atoms with Gasteiger partial charge in [0.1, 0.15) is 17.4 Å². The molecule has 1 aromatic heterocycles. The number of aromatic nitrogens is 3. The molecule has 0 radical (unpaired) electrons. The van der Waals surface area contributed by atoms with Gasteiger partial charge in [0, 0.05) is 5.56 Å². The lowest BCUT2D eigenvalue weighted by Gasteiger charge is -2.10. The summed E-state index contributed by atoms with van der Waals surface area (Å²) in [5.41, 5.74) is 2.28. The molecule has 0 N–H and O–H groups in total. The highest BCUT2D eigenvalue weighted by atomic mass is 32.2. The number of aliphatic imine (C=N–C) groups is 1. The van der Waals surface area contributed by atoms with Gasteiger partial charge >= 0.3 is 0 Å². The Morgan fingerprint density at radius 1 is 1.24 bits per heavy atom. The van der Waals surface area contributed by atoms with Gasteiger partial charge in [-0.05, 0) is 19.2 Å². The Bertz CT molecular complexity index is 600. The molecular formula is C12H12N4S. The first kappa shape index (κ1) is 10.5. The van der Waals surface area contributed by atoms with Crippen molar-refractivity contribution in [3.63, 3.8) is 0 Å².